The van der Waals surface area contributed by atoms with E-state index in [9.17, 15) is 14.9 Å². The molecule has 4 aromatic rings. The molecule has 0 radical (unpaired) electrons. The minimum Gasteiger partial charge on any atom is -0.293 e. The van der Waals surface area contributed by atoms with Crippen LogP contribution in [0.2, 0.25) is 0 Å². The second kappa shape index (κ2) is 8.93. The van der Waals surface area contributed by atoms with E-state index in [2.05, 4.69) is 10.2 Å². The third kappa shape index (κ3) is 4.54. The molecule has 3 aromatic carbocycles. The largest absolute Gasteiger partial charge is 0.293 e. The molecule has 31 heavy (non-hydrogen) atoms. The fourth-order valence-corrected chi connectivity index (χ4v) is 3.92. The number of nitro benzene ring substituents is 1. The number of para-hydroxylation sites is 1. The SMILES string of the molecule is Cc1ccc(-c2nnc(SCC(=O)c3cccc([N+](=O)[O-])c3)n2-c2ccccc2)cc1. The molecule has 0 saturated carbocycles. The number of aryl methyl sites for hydroxylation is 1. The first-order valence-corrected chi connectivity index (χ1v) is 10.5. The van der Waals surface area contributed by atoms with Crippen LogP contribution in [-0.4, -0.2) is 31.2 Å². The van der Waals surface area contributed by atoms with E-state index < -0.39 is 4.92 Å². The van der Waals surface area contributed by atoms with Gasteiger partial charge in [0.25, 0.3) is 5.69 Å². The molecule has 8 heteroatoms. The Bertz CT molecular complexity index is 1240. The molecule has 154 valence electrons. The van der Waals surface area contributed by atoms with Crippen LogP contribution in [0.15, 0.2) is 84.0 Å². The van der Waals surface area contributed by atoms with Crippen LogP contribution >= 0.6 is 11.8 Å². The van der Waals surface area contributed by atoms with Crippen LogP contribution in [-0.2, 0) is 0 Å². The van der Waals surface area contributed by atoms with E-state index in [0.717, 1.165) is 16.8 Å². The van der Waals surface area contributed by atoms with Crippen molar-refractivity contribution in [2.24, 2.45) is 0 Å². The van der Waals surface area contributed by atoms with Crippen molar-refractivity contribution in [2.45, 2.75) is 12.1 Å². The number of carbonyl (C=O) groups excluding carboxylic acids is 1. The molecule has 0 unspecified atom stereocenters. The number of Topliss-reactive ketones (excluding diaryl/α,β-unsaturated/α-hetero) is 1. The molecule has 0 aliphatic carbocycles. The number of hydrogen-bond donors (Lipinski definition) is 0. The van der Waals surface area contributed by atoms with E-state index in [0.29, 0.717) is 16.5 Å². The number of rotatable bonds is 7. The molecular formula is C23H18N4O3S. The third-order valence-corrected chi connectivity index (χ3v) is 5.60. The van der Waals surface area contributed by atoms with Gasteiger partial charge in [0.05, 0.1) is 10.7 Å². The molecule has 0 saturated heterocycles. The summed E-state index contributed by atoms with van der Waals surface area (Å²) >= 11 is 1.25. The summed E-state index contributed by atoms with van der Waals surface area (Å²) in [4.78, 5) is 23.1. The zero-order chi connectivity index (χ0) is 21.8. The molecule has 0 fully saturated rings. The van der Waals surface area contributed by atoms with E-state index in [1.165, 1.54) is 30.0 Å². The van der Waals surface area contributed by atoms with Gasteiger partial charge in [-0.25, -0.2) is 0 Å². The van der Waals surface area contributed by atoms with Crippen molar-refractivity contribution in [3.63, 3.8) is 0 Å². The number of nitro groups is 1. The van der Waals surface area contributed by atoms with Gasteiger partial charge < -0.3 is 0 Å². The van der Waals surface area contributed by atoms with Crippen LogP contribution in [0.25, 0.3) is 17.1 Å². The summed E-state index contributed by atoms with van der Waals surface area (Å²) in [5.74, 6) is 0.546. The molecule has 1 aromatic heterocycles. The van der Waals surface area contributed by atoms with Crippen molar-refractivity contribution in [2.75, 3.05) is 5.75 Å². The molecular weight excluding hydrogens is 412 g/mol. The Morgan fingerprint density at radius 1 is 1.00 bits per heavy atom. The number of hydrogen-bond acceptors (Lipinski definition) is 6. The fourth-order valence-electron chi connectivity index (χ4n) is 3.07. The minimum absolute atomic E-state index is 0.0834. The van der Waals surface area contributed by atoms with Gasteiger partial charge in [0, 0.05) is 28.9 Å². The second-order valence-corrected chi connectivity index (χ2v) is 7.80. The van der Waals surface area contributed by atoms with Crippen molar-refractivity contribution in [1.82, 2.24) is 14.8 Å². The summed E-state index contributed by atoms with van der Waals surface area (Å²) < 4.78 is 1.91. The highest BCUT2D eigenvalue weighted by Gasteiger charge is 2.18. The van der Waals surface area contributed by atoms with Gasteiger partial charge in [-0.05, 0) is 19.1 Å². The van der Waals surface area contributed by atoms with E-state index in [1.807, 2.05) is 66.1 Å². The maximum atomic E-state index is 12.7. The third-order valence-electron chi connectivity index (χ3n) is 4.67. The van der Waals surface area contributed by atoms with E-state index in [-0.39, 0.29) is 17.2 Å². The van der Waals surface area contributed by atoms with Crippen molar-refractivity contribution >= 4 is 23.2 Å². The predicted octanol–water partition coefficient (Wildman–Crippen LogP) is 5.13. The smallest absolute Gasteiger partial charge is 0.270 e. The normalized spacial score (nSPS) is 10.7. The van der Waals surface area contributed by atoms with Gasteiger partial charge in [-0.1, -0.05) is 71.9 Å². The predicted molar refractivity (Wildman–Crippen MR) is 120 cm³/mol. The highest BCUT2D eigenvalue weighted by molar-refractivity contribution is 7.99. The molecule has 0 aliphatic rings. The standard InChI is InChI=1S/C23H18N4O3S/c1-16-10-12-17(13-11-16)22-24-25-23(26(22)19-7-3-2-4-8-19)31-15-21(28)18-6-5-9-20(14-18)27(29)30/h2-14H,15H2,1H3. The lowest BCUT2D eigenvalue weighted by Gasteiger charge is -2.10. The van der Waals surface area contributed by atoms with E-state index in [4.69, 9.17) is 0 Å². The Labute approximate surface area is 182 Å². The summed E-state index contributed by atoms with van der Waals surface area (Å²) in [6, 6.07) is 23.4. The number of ketones is 1. The van der Waals surface area contributed by atoms with Gasteiger partial charge >= 0.3 is 0 Å². The van der Waals surface area contributed by atoms with E-state index in [1.54, 1.807) is 6.07 Å². The van der Waals surface area contributed by atoms with Gasteiger partial charge in [-0.15, -0.1) is 10.2 Å². The summed E-state index contributed by atoms with van der Waals surface area (Å²) in [5.41, 5.74) is 3.13. The first-order chi connectivity index (χ1) is 15.0. The second-order valence-electron chi connectivity index (χ2n) is 6.86. The zero-order valence-corrected chi connectivity index (χ0v) is 17.5. The van der Waals surface area contributed by atoms with Crippen molar-refractivity contribution in [3.05, 3.63) is 100 Å². The number of nitrogens with zero attached hydrogens (tertiary/aromatic N) is 4. The fraction of sp³-hybridized carbons (Fsp3) is 0.0870. The van der Waals surface area contributed by atoms with Crippen molar-refractivity contribution < 1.29 is 9.72 Å². The Balaban J connectivity index is 1.64. The van der Waals surface area contributed by atoms with Gasteiger partial charge in [0.2, 0.25) is 0 Å². The van der Waals surface area contributed by atoms with Crippen molar-refractivity contribution in [1.29, 1.82) is 0 Å². The van der Waals surface area contributed by atoms with Crippen LogP contribution in [0.5, 0.6) is 0 Å². The number of carbonyl (C=O) groups is 1. The Kier molecular flexibility index (Phi) is 5.90. The Morgan fingerprint density at radius 2 is 1.74 bits per heavy atom. The zero-order valence-electron chi connectivity index (χ0n) is 16.6. The van der Waals surface area contributed by atoms with Crippen LogP contribution in [0.4, 0.5) is 5.69 Å². The lowest BCUT2D eigenvalue weighted by atomic mass is 10.1. The summed E-state index contributed by atoms with van der Waals surface area (Å²) in [6.07, 6.45) is 0. The van der Waals surface area contributed by atoms with Crippen LogP contribution < -0.4 is 0 Å². The topological polar surface area (TPSA) is 90.9 Å². The summed E-state index contributed by atoms with van der Waals surface area (Å²) in [7, 11) is 0. The maximum absolute atomic E-state index is 12.7. The molecule has 0 spiro atoms. The number of benzene rings is 3. The molecule has 0 atom stereocenters. The van der Waals surface area contributed by atoms with Gasteiger partial charge in [-0.3, -0.25) is 19.5 Å². The molecule has 4 rings (SSSR count). The van der Waals surface area contributed by atoms with Crippen molar-refractivity contribution in [3.8, 4) is 17.1 Å². The van der Waals surface area contributed by atoms with E-state index >= 15 is 0 Å². The monoisotopic (exact) mass is 430 g/mol. The molecule has 0 amide bonds. The molecule has 7 nitrogen and oxygen atoms in total. The average molecular weight is 430 g/mol. The maximum Gasteiger partial charge on any atom is 0.270 e. The average Bonchev–Trinajstić information content (AvgIpc) is 3.22. The highest BCUT2D eigenvalue weighted by atomic mass is 32.2. The molecule has 0 bridgehead atoms. The first-order valence-electron chi connectivity index (χ1n) is 9.51. The molecule has 0 aliphatic heterocycles. The lowest BCUT2D eigenvalue weighted by molar-refractivity contribution is -0.384. The summed E-state index contributed by atoms with van der Waals surface area (Å²) in [5, 5.41) is 20.2. The minimum atomic E-state index is -0.510. The molecule has 0 N–H and O–H groups in total. The Hall–Kier alpha value is -3.78. The highest BCUT2D eigenvalue weighted by Crippen LogP contribution is 2.28. The quantitative estimate of drug-likeness (QED) is 0.175. The molecule has 1 heterocycles. The van der Waals surface area contributed by atoms with Crippen LogP contribution in [0.1, 0.15) is 15.9 Å². The van der Waals surface area contributed by atoms with Gasteiger partial charge in [0.15, 0.2) is 16.8 Å². The van der Waals surface area contributed by atoms with Crippen LogP contribution in [0.3, 0.4) is 0 Å². The van der Waals surface area contributed by atoms with Crippen LogP contribution in [0, 0.1) is 17.0 Å². The number of thioether (sulfide) groups is 1. The first kappa shape index (κ1) is 20.5. The van der Waals surface area contributed by atoms with Gasteiger partial charge in [0.1, 0.15) is 0 Å². The Morgan fingerprint density at radius 3 is 2.45 bits per heavy atom. The van der Waals surface area contributed by atoms with Gasteiger partial charge in [-0.2, -0.15) is 0 Å². The lowest BCUT2D eigenvalue weighted by Crippen LogP contribution is -2.05. The number of aromatic nitrogens is 3. The number of non-ortho nitro benzene ring substituents is 1. The summed E-state index contributed by atoms with van der Waals surface area (Å²) in [6.45, 7) is 2.02.